The average molecular weight is 254 g/mol. The fraction of sp³-hybridized carbons (Fsp3) is 0.333. The van der Waals surface area contributed by atoms with Crippen molar-refractivity contribution in [3.05, 3.63) is 35.1 Å². The monoisotopic (exact) mass is 254 g/mol. The van der Waals surface area contributed by atoms with Gasteiger partial charge in [-0.05, 0) is 35.8 Å². The molecule has 0 amide bonds. The van der Waals surface area contributed by atoms with Crippen molar-refractivity contribution in [3.63, 3.8) is 0 Å². The summed E-state index contributed by atoms with van der Waals surface area (Å²) in [5, 5.41) is 0. The largest absolute Gasteiger partial charge is 0.497 e. The Balaban J connectivity index is 2.33. The second kappa shape index (κ2) is 4.41. The molecule has 1 aromatic rings. The molecule has 0 aliphatic heterocycles. The Morgan fingerprint density at radius 2 is 2.00 bits per heavy atom. The Bertz CT molecular complexity index is 558. The molecule has 0 atom stereocenters. The summed E-state index contributed by atoms with van der Waals surface area (Å²) in [5.41, 5.74) is 2.13. The van der Waals surface area contributed by atoms with Crippen molar-refractivity contribution in [2.45, 2.75) is 12.8 Å². The number of hydrogen-bond acceptors (Lipinski definition) is 4. The molecule has 0 unspecified atom stereocenters. The van der Waals surface area contributed by atoms with Crippen LogP contribution in [0.5, 0.6) is 5.75 Å². The second-order valence-electron chi connectivity index (χ2n) is 3.96. The zero-order chi connectivity index (χ0) is 12.5. The number of benzene rings is 1. The molecule has 0 bridgehead atoms. The van der Waals surface area contributed by atoms with E-state index in [0.29, 0.717) is 12.2 Å². The van der Waals surface area contributed by atoms with E-state index in [2.05, 4.69) is 0 Å². The minimum atomic E-state index is -3.44. The van der Waals surface area contributed by atoms with E-state index in [9.17, 15) is 8.42 Å². The Morgan fingerprint density at radius 1 is 1.24 bits per heavy atom. The molecule has 92 valence electrons. The van der Waals surface area contributed by atoms with E-state index in [4.69, 9.17) is 8.92 Å². The summed E-state index contributed by atoms with van der Waals surface area (Å²) in [7, 11) is -1.84. The third kappa shape index (κ3) is 3.00. The smallest absolute Gasteiger partial charge is 0.305 e. The quantitative estimate of drug-likeness (QED) is 0.774. The van der Waals surface area contributed by atoms with Gasteiger partial charge in [-0.2, -0.15) is 8.42 Å². The molecule has 0 N–H and O–H groups in total. The molecule has 0 heterocycles. The molecule has 0 saturated heterocycles. The van der Waals surface area contributed by atoms with Gasteiger partial charge in [0.05, 0.1) is 13.4 Å². The molecule has 1 aliphatic carbocycles. The van der Waals surface area contributed by atoms with Crippen LogP contribution in [0.15, 0.2) is 24.0 Å². The lowest BCUT2D eigenvalue weighted by Gasteiger charge is -2.16. The minimum Gasteiger partial charge on any atom is -0.497 e. The van der Waals surface area contributed by atoms with Crippen LogP contribution in [-0.2, 0) is 20.7 Å². The molecule has 5 heteroatoms. The number of fused-ring (bicyclic) bond motifs is 1. The van der Waals surface area contributed by atoms with Gasteiger partial charge < -0.3 is 8.92 Å². The highest BCUT2D eigenvalue weighted by molar-refractivity contribution is 7.86. The zero-order valence-electron chi connectivity index (χ0n) is 9.76. The molecular weight excluding hydrogens is 240 g/mol. The molecular formula is C12H14O4S. The first-order valence-electron chi connectivity index (χ1n) is 5.25. The number of aryl methyl sites for hydroxylation is 1. The van der Waals surface area contributed by atoms with E-state index in [0.717, 1.165) is 24.0 Å². The Labute approximate surface area is 101 Å². The van der Waals surface area contributed by atoms with E-state index in [1.165, 1.54) is 5.56 Å². The first-order chi connectivity index (χ1) is 7.98. The Kier molecular flexibility index (Phi) is 3.11. The van der Waals surface area contributed by atoms with Crippen LogP contribution in [0.2, 0.25) is 0 Å². The topological polar surface area (TPSA) is 52.6 Å². The number of allylic oxidation sites excluding steroid dienone is 1. The first-order valence-corrected chi connectivity index (χ1v) is 7.06. The van der Waals surface area contributed by atoms with E-state index in [1.807, 2.05) is 18.2 Å². The zero-order valence-corrected chi connectivity index (χ0v) is 10.6. The molecule has 0 fully saturated rings. The van der Waals surface area contributed by atoms with Gasteiger partial charge in [0, 0.05) is 6.42 Å². The molecule has 2 rings (SSSR count). The summed E-state index contributed by atoms with van der Waals surface area (Å²) in [4.78, 5) is 0. The fourth-order valence-corrected chi connectivity index (χ4v) is 2.35. The standard InChI is InChI=1S/C12H14O4S/c1-15-11-5-3-9-4-6-12(8-10(9)7-11)16-17(2,13)14/h3,5,7-8H,4,6H2,1-2H3. The maximum Gasteiger partial charge on any atom is 0.305 e. The third-order valence-corrected chi connectivity index (χ3v) is 3.09. The highest BCUT2D eigenvalue weighted by atomic mass is 32.2. The van der Waals surface area contributed by atoms with Crippen LogP contribution in [0, 0.1) is 0 Å². The van der Waals surface area contributed by atoms with Gasteiger partial charge in [0.25, 0.3) is 0 Å². The molecule has 1 aliphatic rings. The van der Waals surface area contributed by atoms with Crippen molar-refractivity contribution in [1.29, 1.82) is 0 Å². The first kappa shape index (κ1) is 12.0. The van der Waals surface area contributed by atoms with Crippen molar-refractivity contribution in [2.75, 3.05) is 13.4 Å². The number of methoxy groups -OCH3 is 1. The normalized spacial score (nSPS) is 14.8. The molecule has 1 aromatic carbocycles. The Morgan fingerprint density at radius 3 is 2.65 bits per heavy atom. The highest BCUT2D eigenvalue weighted by Gasteiger charge is 2.15. The SMILES string of the molecule is COc1ccc2c(c1)C=C(OS(C)(=O)=O)CC2. The molecule has 17 heavy (non-hydrogen) atoms. The molecule has 0 radical (unpaired) electrons. The lowest BCUT2D eigenvalue weighted by atomic mass is 9.96. The van der Waals surface area contributed by atoms with E-state index >= 15 is 0 Å². The van der Waals surface area contributed by atoms with Crippen LogP contribution in [0.25, 0.3) is 6.08 Å². The van der Waals surface area contributed by atoms with Gasteiger partial charge in [0.15, 0.2) is 0 Å². The lowest BCUT2D eigenvalue weighted by Crippen LogP contribution is -2.07. The summed E-state index contributed by atoms with van der Waals surface area (Å²) >= 11 is 0. The van der Waals surface area contributed by atoms with Gasteiger partial charge in [0.2, 0.25) is 0 Å². The van der Waals surface area contributed by atoms with Crippen molar-refractivity contribution >= 4 is 16.2 Å². The maximum atomic E-state index is 11.0. The van der Waals surface area contributed by atoms with Crippen LogP contribution in [-0.4, -0.2) is 21.8 Å². The van der Waals surface area contributed by atoms with Crippen molar-refractivity contribution in [3.8, 4) is 5.75 Å². The van der Waals surface area contributed by atoms with E-state index in [-0.39, 0.29) is 0 Å². The van der Waals surface area contributed by atoms with Gasteiger partial charge in [0.1, 0.15) is 11.5 Å². The number of rotatable bonds is 3. The van der Waals surface area contributed by atoms with Crippen LogP contribution >= 0.6 is 0 Å². The number of ether oxygens (including phenoxy) is 1. The van der Waals surface area contributed by atoms with Crippen LogP contribution in [0.3, 0.4) is 0 Å². The van der Waals surface area contributed by atoms with Crippen molar-refractivity contribution < 1.29 is 17.3 Å². The van der Waals surface area contributed by atoms with Gasteiger partial charge in [-0.3, -0.25) is 0 Å². The summed E-state index contributed by atoms with van der Waals surface area (Å²) < 4.78 is 32.1. The van der Waals surface area contributed by atoms with Gasteiger partial charge in [-0.1, -0.05) is 6.07 Å². The van der Waals surface area contributed by atoms with Crippen LogP contribution in [0.1, 0.15) is 17.5 Å². The summed E-state index contributed by atoms with van der Waals surface area (Å²) in [6.07, 6.45) is 4.18. The highest BCUT2D eigenvalue weighted by Crippen LogP contribution is 2.28. The third-order valence-electron chi connectivity index (χ3n) is 2.57. The lowest BCUT2D eigenvalue weighted by molar-refractivity contribution is 0.397. The second-order valence-corrected chi connectivity index (χ2v) is 5.54. The van der Waals surface area contributed by atoms with Gasteiger partial charge >= 0.3 is 10.1 Å². The molecule has 0 saturated carbocycles. The predicted molar refractivity (Wildman–Crippen MR) is 65.2 cm³/mol. The van der Waals surface area contributed by atoms with Crippen LogP contribution < -0.4 is 4.74 Å². The predicted octanol–water partition coefficient (Wildman–Crippen LogP) is 1.96. The average Bonchev–Trinajstić information content (AvgIpc) is 2.26. The van der Waals surface area contributed by atoms with Crippen molar-refractivity contribution in [1.82, 2.24) is 0 Å². The van der Waals surface area contributed by atoms with Crippen LogP contribution in [0.4, 0.5) is 0 Å². The summed E-state index contributed by atoms with van der Waals surface area (Å²) in [6, 6.07) is 5.76. The van der Waals surface area contributed by atoms with E-state index in [1.54, 1.807) is 13.2 Å². The Hall–Kier alpha value is -1.49. The molecule has 4 nitrogen and oxygen atoms in total. The molecule has 0 aromatic heterocycles. The summed E-state index contributed by atoms with van der Waals surface area (Å²) in [6.45, 7) is 0. The van der Waals surface area contributed by atoms with E-state index < -0.39 is 10.1 Å². The minimum absolute atomic E-state index is 0.480. The van der Waals surface area contributed by atoms with Gasteiger partial charge in [-0.25, -0.2) is 0 Å². The fourth-order valence-electron chi connectivity index (χ4n) is 1.83. The molecule has 0 spiro atoms. The summed E-state index contributed by atoms with van der Waals surface area (Å²) in [5.74, 6) is 1.23. The van der Waals surface area contributed by atoms with Crippen molar-refractivity contribution in [2.24, 2.45) is 0 Å². The van der Waals surface area contributed by atoms with Gasteiger partial charge in [-0.15, -0.1) is 0 Å². The maximum absolute atomic E-state index is 11.0. The number of hydrogen-bond donors (Lipinski definition) is 0.